The van der Waals surface area contributed by atoms with Crippen LogP contribution in [-0.4, -0.2) is 142 Å². The number of nitrogens with zero attached hydrogens (tertiary/aromatic N) is 5. The molecule has 0 aromatic heterocycles. The quantitative estimate of drug-likeness (QED) is 0.208. The van der Waals surface area contributed by atoms with Gasteiger partial charge in [-0.3, -0.25) is 38.8 Å². The highest BCUT2D eigenvalue weighted by Crippen LogP contribution is 2.20. The van der Waals surface area contributed by atoms with Gasteiger partial charge in [0.25, 0.3) is 0 Å². The van der Waals surface area contributed by atoms with E-state index in [-0.39, 0.29) is 32.1 Å². The Hall–Kier alpha value is -3.22. The van der Waals surface area contributed by atoms with Crippen molar-refractivity contribution in [3.63, 3.8) is 0 Å². The zero-order chi connectivity index (χ0) is 29.5. The highest BCUT2D eigenvalue weighted by Gasteiger charge is 2.24. The van der Waals surface area contributed by atoms with Gasteiger partial charge in [0.05, 0.1) is 26.2 Å². The van der Waals surface area contributed by atoms with Crippen LogP contribution in [-0.2, 0) is 25.6 Å². The van der Waals surface area contributed by atoms with Crippen molar-refractivity contribution in [2.24, 2.45) is 5.92 Å². The van der Waals surface area contributed by atoms with Crippen molar-refractivity contribution in [1.82, 2.24) is 19.6 Å². The highest BCUT2D eigenvalue weighted by molar-refractivity contribution is 8.03. The highest BCUT2D eigenvalue weighted by atomic mass is 32.2. The molecular weight excluding hydrogens is 542 g/mol. The van der Waals surface area contributed by atoms with Gasteiger partial charge >= 0.3 is 23.9 Å². The van der Waals surface area contributed by atoms with Crippen LogP contribution in [0.1, 0.15) is 12.0 Å². The lowest BCUT2D eigenvalue weighted by molar-refractivity contribution is -0.141. The molecule has 13 nitrogen and oxygen atoms in total. The molecule has 0 spiro atoms. The van der Waals surface area contributed by atoms with E-state index in [4.69, 9.17) is 5.26 Å². The monoisotopic (exact) mass is 579 g/mol. The van der Waals surface area contributed by atoms with Gasteiger partial charge in [-0.15, -0.1) is 0 Å². The molecule has 1 aliphatic heterocycles. The van der Waals surface area contributed by atoms with Crippen molar-refractivity contribution in [3.05, 3.63) is 29.8 Å². The van der Waals surface area contributed by atoms with Crippen LogP contribution < -0.4 is 0 Å². The van der Waals surface area contributed by atoms with E-state index in [9.17, 15) is 39.6 Å². The molecule has 1 saturated heterocycles. The van der Waals surface area contributed by atoms with Gasteiger partial charge in [-0.05, 0) is 48.2 Å². The molecule has 40 heavy (non-hydrogen) atoms. The summed E-state index contributed by atoms with van der Waals surface area (Å²) in [5, 5.41) is 48.8. The zero-order valence-electron chi connectivity index (χ0n) is 22.4. The Morgan fingerprint density at radius 1 is 0.700 bits per heavy atom. The van der Waals surface area contributed by atoms with Crippen LogP contribution in [0.3, 0.4) is 0 Å². The van der Waals surface area contributed by atoms with Crippen LogP contribution in [0.4, 0.5) is 0 Å². The van der Waals surface area contributed by atoms with Crippen molar-refractivity contribution in [2.45, 2.75) is 17.7 Å². The van der Waals surface area contributed by atoms with E-state index in [0.717, 1.165) is 22.2 Å². The van der Waals surface area contributed by atoms with Crippen molar-refractivity contribution in [1.29, 1.82) is 5.26 Å². The summed E-state index contributed by atoms with van der Waals surface area (Å²) in [6.07, 6.45) is 1.02. The molecule has 0 aliphatic carbocycles. The number of nitriles is 1. The summed E-state index contributed by atoms with van der Waals surface area (Å²) in [4.78, 5) is 54.0. The lowest BCUT2D eigenvalue weighted by atomic mass is 9.97. The minimum absolute atomic E-state index is 0.183. The second-order valence-electron chi connectivity index (χ2n) is 9.86. The van der Waals surface area contributed by atoms with Gasteiger partial charge in [0.2, 0.25) is 0 Å². The average molecular weight is 580 g/mol. The maximum Gasteiger partial charge on any atom is 0.317 e. The minimum Gasteiger partial charge on any atom is -0.480 e. The number of hydrogen-bond acceptors (Lipinski definition) is 10. The lowest BCUT2D eigenvalue weighted by Gasteiger charge is -2.34. The number of thioether (sulfide) groups is 1. The number of benzene rings is 1. The number of hydrogen-bond donors (Lipinski definition) is 4. The Kier molecular flexibility index (Phi) is 14.4. The summed E-state index contributed by atoms with van der Waals surface area (Å²) in [6.45, 7) is 1.71. The Bertz CT molecular complexity index is 985. The van der Waals surface area contributed by atoms with E-state index in [2.05, 4.69) is 0 Å². The topological polar surface area (TPSA) is 186 Å². The van der Waals surface area contributed by atoms with Crippen molar-refractivity contribution in [2.75, 3.05) is 78.5 Å². The predicted octanol–water partition coefficient (Wildman–Crippen LogP) is 0.369. The summed E-state index contributed by atoms with van der Waals surface area (Å²) in [6, 6.07) is 7.42. The molecular formula is C26H37N5O8S. The Balaban J connectivity index is 2.36. The Morgan fingerprint density at radius 3 is 1.50 bits per heavy atom. The first-order valence-electron chi connectivity index (χ1n) is 13.0. The smallest absolute Gasteiger partial charge is 0.317 e. The van der Waals surface area contributed by atoms with E-state index in [1.807, 2.05) is 29.7 Å². The summed E-state index contributed by atoms with van der Waals surface area (Å²) in [7, 11) is 0. The molecule has 0 saturated carbocycles. The fourth-order valence-electron chi connectivity index (χ4n) is 4.86. The molecule has 0 bridgehead atoms. The van der Waals surface area contributed by atoms with Gasteiger partial charge in [0, 0.05) is 57.3 Å². The average Bonchev–Trinajstić information content (AvgIpc) is 2.85. The fourth-order valence-corrected chi connectivity index (χ4v) is 5.23. The van der Waals surface area contributed by atoms with Crippen LogP contribution >= 0.6 is 11.8 Å². The van der Waals surface area contributed by atoms with E-state index >= 15 is 0 Å². The number of carboxylic acids is 4. The maximum absolute atomic E-state index is 11.7. The molecule has 4 N–H and O–H groups in total. The van der Waals surface area contributed by atoms with Gasteiger partial charge in [-0.1, -0.05) is 12.1 Å². The van der Waals surface area contributed by atoms with Gasteiger partial charge in [0.1, 0.15) is 5.40 Å². The third kappa shape index (κ3) is 13.7. The van der Waals surface area contributed by atoms with E-state index in [1.165, 1.54) is 0 Å². The van der Waals surface area contributed by atoms with E-state index < -0.39 is 23.9 Å². The molecule has 1 aromatic carbocycles. The molecule has 220 valence electrons. The number of carboxylic acid groups (broad SMARTS) is 4. The molecule has 1 heterocycles. The number of thiocyanates is 1. The van der Waals surface area contributed by atoms with Crippen molar-refractivity contribution < 1.29 is 39.6 Å². The molecule has 0 radical (unpaired) electrons. The molecule has 0 atom stereocenters. The summed E-state index contributed by atoms with van der Waals surface area (Å²) in [5.74, 6) is -4.23. The van der Waals surface area contributed by atoms with Crippen LogP contribution in [0.2, 0.25) is 0 Å². The van der Waals surface area contributed by atoms with Crippen LogP contribution in [0, 0.1) is 16.6 Å². The van der Waals surface area contributed by atoms with E-state index in [1.54, 1.807) is 19.6 Å². The number of rotatable bonds is 11. The van der Waals surface area contributed by atoms with Gasteiger partial charge < -0.3 is 20.4 Å². The Morgan fingerprint density at radius 2 is 1.10 bits per heavy atom. The van der Waals surface area contributed by atoms with Gasteiger partial charge in [-0.25, -0.2) is 0 Å². The summed E-state index contributed by atoms with van der Waals surface area (Å²) < 4.78 is 0. The molecule has 0 amide bonds. The normalized spacial score (nSPS) is 18.0. The van der Waals surface area contributed by atoms with E-state index in [0.29, 0.717) is 65.2 Å². The standard InChI is InChI=1S/C26H37N5O8S/c27-19-40-22-4-2-20(3-5-22)12-21-13-30(17-25(36)37)10-8-28(15-23(32)33)6-1-7-29(16-24(34)35)9-11-31(14-21)18-26(38)39/h2-5,21H,1,6-18H2,(H,32,33)(H,34,35)(H,36,37)(H,38,39). The zero-order valence-corrected chi connectivity index (χ0v) is 23.2. The first-order valence-corrected chi connectivity index (χ1v) is 13.8. The molecule has 0 unspecified atom stereocenters. The SMILES string of the molecule is N#CSc1ccc(CC2CN(CC(=O)O)CCN(CC(=O)O)CCCN(CC(=O)O)CCN(CC(=O)O)C2)cc1. The lowest BCUT2D eigenvalue weighted by Crippen LogP contribution is -2.47. The predicted molar refractivity (Wildman–Crippen MR) is 146 cm³/mol. The largest absolute Gasteiger partial charge is 0.480 e. The van der Waals surface area contributed by atoms with Crippen molar-refractivity contribution >= 4 is 35.6 Å². The fraction of sp³-hybridized carbons (Fsp3) is 0.577. The first-order chi connectivity index (χ1) is 19.0. The molecule has 1 fully saturated rings. The van der Waals surface area contributed by atoms with Gasteiger partial charge in [0.15, 0.2) is 0 Å². The third-order valence-corrected chi connectivity index (χ3v) is 7.09. The molecule has 14 heteroatoms. The summed E-state index contributed by atoms with van der Waals surface area (Å²) >= 11 is 1.04. The van der Waals surface area contributed by atoms with Crippen LogP contribution in [0.5, 0.6) is 0 Å². The van der Waals surface area contributed by atoms with Gasteiger partial charge in [-0.2, -0.15) is 5.26 Å². The van der Waals surface area contributed by atoms with Crippen LogP contribution in [0.25, 0.3) is 0 Å². The second-order valence-corrected chi connectivity index (χ2v) is 10.7. The number of aliphatic carboxylic acids is 4. The van der Waals surface area contributed by atoms with Crippen LogP contribution in [0.15, 0.2) is 29.2 Å². The maximum atomic E-state index is 11.7. The molecule has 1 aromatic rings. The van der Waals surface area contributed by atoms with Crippen molar-refractivity contribution in [3.8, 4) is 5.40 Å². The molecule has 2 rings (SSSR count). The Labute approximate surface area is 237 Å². The minimum atomic E-state index is -1.02. The second kappa shape index (κ2) is 17.5. The molecule has 1 aliphatic rings. The summed E-state index contributed by atoms with van der Waals surface area (Å²) in [5.41, 5.74) is 0.943. The third-order valence-electron chi connectivity index (χ3n) is 6.49. The number of carbonyl (C=O) groups is 4. The first kappa shape index (κ1) is 33.0.